The van der Waals surface area contributed by atoms with E-state index < -0.39 is 0 Å². The zero-order chi connectivity index (χ0) is 14.5. The van der Waals surface area contributed by atoms with Crippen molar-refractivity contribution in [1.82, 2.24) is 4.90 Å². The molecule has 1 aromatic carbocycles. The van der Waals surface area contributed by atoms with E-state index in [0.717, 1.165) is 16.1 Å². The van der Waals surface area contributed by atoms with Gasteiger partial charge in [0.25, 0.3) is 0 Å². The minimum Gasteiger partial charge on any atom is -0.399 e. The number of anilines is 1. The number of hydrogen-bond acceptors (Lipinski definition) is 3. The van der Waals surface area contributed by atoms with Crippen LogP contribution < -0.4 is 5.73 Å². The summed E-state index contributed by atoms with van der Waals surface area (Å²) in [5.74, 6) is 0.166. The van der Waals surface area contributed by atoms with E-state index in [1.165, 1.54) is 0 Å². The second kappa shape index (κ2) is 6.57. The predicted molar refractivity (Wildman–Crippen MR) is 84.6 cm³/mol. The maximum Gasteiger partial charge on any atom is 0.228 e. The molecule has 2 N–H and O–H groups in total. The van der Waals surface area contributed by atoms with E-state index in [1.807, 2.05) is 60.5 Å². The van der Waals surface area contributed by atoms with Gasteiger partial charge in [-0.1, -0.05) is 18.2 Å². The molecule has 2 rings (SSSR count). The maximum absolute atomic E-state index is 12.4. The topological polar surface area (TPSA) is 46.3 Å². The molecule has 1 aromatic heterocycles. The third-order valence-electron chi connectivity index (χ3n) is 3.18. The summed E-state index contributed by atoms with van der Waals surface area (Å²) in [4.78, 5) is 15.4. The first-order chi connectivity index (χ1) is 9.56. The van der Waals surface area contributed by atoms with Crippen molar-refractivity contribution in [2.45, 2.75) is 32.9 Å². The standard InChI is InChI=1S/C16H20N2OS/c1-12(2)18(11-13-5-7-14(17)8-6-13)16(19)10-15-4-3-9-20-15/h3-9,12H,10-11,17H2,1-2H3. The van der Waals surface area contributed by atoms with Gasteiger partial charge in [-0.3, -0.25) is 4.79 Å². The molecule has 0 aliphatic rings. The molecular formula is C16H20N2OS. The molecule has 0 aliphatic carbocycles. The Balaban J connectivity index is 2.06. The highest BCUT2D eigenvalue weighted by Gasteiger charge is 2.17. The Bertz CT molecular complexity index is 546. The number of benzene rings is 1. The second-order valence-electron chi connectivity index (χ2n) is 5.11. The van der Waals surface area contributed by atoms with E-state index in [1.54, 1.807) is 11.3 Å². The van der Waals surface area contributed by atoms with E-state index in [-0.39, 0.29) is 11.9 Å². The lowest BCUT2D eigenvalue weighted by molar-refractivity contribution is -0.132. The van der Waals surface area contributed by atoms with E-state index in [4.69, 9.17) is 5.73 Å². The highest BCUT2D eigenvalue weighted by Crippen LogP contribution is 2.15. The van der Waals surface area contributed by atoms with Crippen LogP contribution in [-0.4, -0.2) is 16.8 Å². The molecule has 0 saturated carbocycles. The highest BCUT2D eigenvalue weighted by atomic mass is 32.1. The number of nitrogens with two attached hydrogens (primary N) is 1. The summed E-state index contributed by atoms with van der Waals surface area (Å²) in [6.45, 7) is 4.72. The Kier molecular flexibility index (Phi) is 4.79. The van der Waals surface area contributed by atoms with Crippen molar-refractivity contribution in [3.05, 3.63) is 52.2 Å². The molecule has 4 heteroatoms. The summed E-state index contributed by atoms with van der Waals surface area (Å²) in [5, 5.41) is 2.00. The Labute approximate surface area is 124 Å². The number of rotatable bonds is 5. The molecule has 0 radical (unpaired) electrons. The fourth-order valence-electron chi connectivity index (χ4n) is 2.04. The van der Waals surface area contributed by atoms with Crippen molar-refractivity contribution in [2.75, 3.05) is 5.73 Å². The average Bonchev–Trinajstić information content (AvgIpc) is 2.90. The van der Waals surface area contributed by atoms with Crippen molar-refractivity contribution in [2.24, 2.45) is 0 Å². The van der Waals surface area contributed by atoms with Crippen molar-refractivity contribution < 1.29 is 4.79 Å². The predicted octanol–water partition coefficient (Wildman–Crippen LogP) is 3.31. The molecule has 1 heterocycles. The number of amides is 1. The monoisotopic (exact) mass is 288 g/mol. The van der Waals surface area contributed by atoms with Gasteiger partial charge < -0.3 is 10.6 Å². The molecule has 0 spiro atoms. The first-order valence-electron chi connectivity index (χ1n) is 6.72. The first kappa shape index (κ1) is 14.6. The maximum atomic E-state index is 12.4. The van der Waals surface area contributed by atoms with Gasteiger partial charge in [-0.05, 0) is 43.0 Å². The average molecular weight is 288 g/mol. The van der Waals surface area contributed by atoms with Crippen molar-refractivity contribution in [3.63, 3.8) is 0 Å². The summed E-state index contributed by atoms with van der Waals surface area (Å²) < 4.78 is 0. The van der Waals surface area contributed by atoms with Gasteiger partial charge in [-0.25, -0.2) is 0 Å². The van der Waals surface area contributed by atoms with Crippen LogP contribution in [0.15, 0.2) is 41.8 Å². The smallest absolute Gasteiger partial charge is 0.228 e. The summed E-state index contributed by atoms with van der Waals surface area (Å²) in [7, 11) is 0. The summed E-state index contributed by atoms with van der Waals surface area (Å²) >= 11 is 1.62. The minimum atomic E-state index is 0.166. The molecule has 0 bridgehead atoms. The van der Waals surface area contributed by atoms with Crippen LogP contribution in [0.4, 0.5) is 5.69 Å². The van der Waals surface area contributed by atoms with Gasteiger partial charge in [0, 0.05) is 23.2 Å². The number of nitrogen functional groups attached to an aromatic ring is 1. The molecule has 0 saturated heterocycles. The summed E-state index contributed by atoms with van der Waals surface area (Å²) in [6.07, 6.45) is 0.477. The fourth-order valence-corrected chi connectivity index (χ4v) is 2.74. The molecule has 0 atom stereocenters. The lowest BCUT2D eigenvalue weighted by Gasteiger charge is -2.27. The number of carbonyl (C=O) groups excluding carboxylic acids is 1. The molecule has 3 nitrogen and oxygen atoms in total. The fraction of sp³-hybridized carbons (Fsp3) is 0.312. The second-order valence-corrected chi connectivity index (χ2v) is 6.15. The Morgan fingerprint density at radius 2 is 1.95 bits per heavy atom. The molecule has 2 aromatic rings. The zero-order valence-corrected chi connectivity index (χ0v) is 12.7. The van der Waals surface area contributed by atoms with Crippen LogP contribution >= 0.6 is 11.3 Å². The largest absolute Gasteiger partial charge is 0.399 e. The van der Waals surface area contributed by atoms with Gasteiger partial charge in [0.2, 0.25) is 5.91 Å². The SMILES string of the molecule is CC(C)N(Cc1ccc(N)cc1)C(=O)Cc1cccs1. The lowest BCUT2D eigenvalue weighted by atomic mass is 10.1. The van der Waals surface area contributed by atoms with Gasteiger partial charge in [-0.15, -0.1) is 11.3 Å². The van der Waals surface area contributed by atoms with Gasteiger partial charge in [0.1, 0.15) is 0 Å². The van der Waals surface area contributed by atoms with Crippen LogP contribution in [0, 0.1) is 0 Å². The van der Waals surface area contributed by atoms with Crippen molar-refractivity contribution in [1.29, 1.82) is 0 Å². The van der Waals surface area contributed by atoms with Crippen LogP contribution in [0.1, 0.15) is 24.3 Å². The first-order valence-corrected chi connectivity index (χ1v) is 7.60. The highest BCUT2D eigenvalue weighted by molar-refractivity contribution is 7.10. The molecule has 106 valence electrons. The zero-order valence-electron chi connectivity index (χ0n) is 11.9. The normalized spacial score (nSPS) is 10.8. The van der Waals surface area contributed by atoms with E-state index in [2.05, 4.69) is 0 Å². The van der Waals surface area contributed by atoms with Crippen LogP contribution in [-0.2, 0) is 17.8 Å². The Morgan fingerprint density at radius 1 is 1.25 bits per heavy atom. The quantitative estimate of drug-likeness (QED) is 0.858. The molecule has 0 fully saturated rings. The van der Waals surface area contributed by atoms with E-state index in [9.17, 15) is 4.79 Å². The van der Waals surface area contributed by atoms with Gasteiger partial charge in [0.15, 0.2) is 0 Å². The van der Waals surface area contributed by atoms with Crippen molar-refractivity contribution >= 4 is 22.9 Å². The van der Waals surface area contributed by atoms with E-state index in [0.29, 0.717) is 13.0 Å². The molecule has 0 unspecified atom stereocenters. The molecular weight excluding hydrogens is 268 g/mol. The Morgan fingerprint density at radius 3 is 2.50 bits per heavy atom. The molecule has 0 aliphatic heterocycles. The minimum absolute atomic E-state index is 0.166. The van der Waals surface area contributed by atoms with Crippen LogP contribution in [0.2, 0.25) is 0 Å². The summed E-state index contributed by atoms with van der Waals surface area (Å²) in [5.41, 5.74) is 7.54. The van der Waals surface area contributed by atoms with Gasteiger partial charge >= 0.3 is 0 Å². The van der Waals surface area contributed by atoms with Gasteiger partial charge in [0.05, 0.1) is 6.42 Å². The van der Waals surface area contributed by atoms with Crippen LogP contribution in [0.5, 0.6) is 0 Å². The van der Waals surface area contributed by atoms with E-state index >= 15 is 0 Å². The Hall–Kier alpha value is -1.81. The lowest BCUT2D eigenvalue weighted by Crippen LogP contribution is -2.37. The van der Waals surface area contributed by atoms with Gasteiger partial charge in [-0.2, -0.15) is 0 Å². The van der Waals surface area contributed by atoms with Crippen LogP contribution in [0.3, 0.4) is 0 Å². The van der Waals surface area contributed by atoms with Crippen molar-refractivity contribution in [3.8, 4) is 0 Å². The number of carbonyl (C=O) groups is 1. The summed E-state index contributed by atoms with van der Waals surface area (Å²) in [6, 6.07) is 11.9. The molecule has 20 heavy (non-hydrogen) atoms. The number of thiophene rings is 1. The third-order valence-corrected chi connectivity index (χ3v) is 4.06. The molecule has 1 amide bonds. The third kappa shape index (κ3) is 3.84. The van der Waals surface area contributed by atoms with Crippen LogP contribution in [0.25, 0.3) is 0 Å². The number of nitrogens with zero attached hydrogens (tertiary/aromatic N) is 1. The number of hydrogen-bond donors (Lipinski definition) is 1.